The first-order chi connectivity index (χ1) is 5.49. The smallest absolute Gasteiger partial charge is 0.303 e. The van der Waals surface area contributed by atoms with Crippen molar-refractivity contribution < 1.29 is 20.1 Å². The summed E-state index contributed by atoms with van der Waals surface area (Å²) >= 11 is 3.95. The molecule has 0 aliphatic carbocycles. The summed E-state index contributed by atoms with van der Waals surface area (Å²) in [5, 5.41) is 0. The van der Waals surface area contributed by atoms with E-state index in [1.165, 1.54) is 13.8 Å². The second-order valence-electron chi connectivity index (χ2n) is 2.55. The Bertz CT molecular complexity index is 183. The van der Waals surface area contributed by atoms with Gasteiger partial charge in [-0.1, -0.05) is 0 Å². The number of ketones is 1. The zero-order valence-electron chi connectivity index (χ0n) is 7.24. The summed E-state index contributed by atoms with van der Waals surface area (Å²) in [5.74, 6) is -0.202. The normalized spacial score (nSPS) is 15.0. The summed E-state index contributed by atoms with van der Waals surface area (Å²) in [6.07, 6.45) is -0.511. The molecule has 2 unspecified atom stereocenters. The molecule has 0 bridgehead atoms. The molecule has 0 saturated carbocycles. The monoisotopic (exact) mass is 192 g/mol. The number of hydrogen-bond acceptors (Lipinski definition) is 4. The van der Waals surface area contributed by atoms with Crippen molar-refractivity contribution in [2.24, 2.45) is 0 Å². The van der Waals surface area contributed by atoms with Crippen LogP contribution in [0.1, 0.15) is 13.8 Å². The molecule has 0 spiro atoms. The molecule has 0 aliphatic rings. The van der Waals surface area contributed by atoms with Gasteiger partial charge in [-0.3, -0.25) is 9.59 Å². The third-order valence-corrected chi connectivity index (χ3v) is 1.83. The number of carbonyl (C=O) groups excluding carboxylic acids is 2. The Labute approximate surface area is 76.9 Å². The summed E-state index contributed by atoms with van der Waals surface area (Å²) < 4.78 is 4.82. The van der Waals surface area contributed by atoms with E-state index in [0.29, 0.717) is 5.75 Å². The van der Waals surface area contributed by atoms with E-state index in [1.807, 2.05) is 0 Å². The highest BCUT2D eigenvalue weighted by atomic mass is 32.1. The first kappa shape index (κ1) is 11.4. The van der Waals surface area contributed by atoms with Crippen LogP contribution < -0.4 is 5.73 Å². The molecule has 3 N–H and O–H groups in total. The Morgan fingerprint density at radius 3 is 2.25 bits per heavy atom. The average molecular weight is 192 g/mol. The standard InChI is InChI=1S/C7H13NO3S/c1-4(9)7(8)6(3-12)11-5(2)10/h6-7,12H,3,8H2,1-2H3/p+1. The fourth-order valence-electron chi connectivity index (χ4n) is 0.722. The van der Waals surface area contributed by atoms with Crippen molar-refractivity contribution in [3.63, 3.8) is 0 Å². The lowest BCUT2D eigenvalue weighted by atomic mass is 10.1. The molecule has 0 rings (SSSR count). The number of esters is 1. The highest BCUT2D eigenvalue weighted by molar-refractivity contribution is 7.80. The predicted octanol–water partition coefficient (Wildman–Crippen LogP) is -0.953. The van der Waals surface area contributed by atoms with Crippen molar-refractivity contribution in [2.75, 3.05) is 5.75 Å². The van der Waals surface area contributed by atoms with Gasteiger partial charge in [0.15, 0.2) is 17.9 Å². The summed E-state index contributed by atoms with van der Waals surface area (Å²) in [6, 6.07) is -0.522. The maximum atomic E-state index is 10.8. The lowest BCUT2D eigenvalue weighted by molar-refractivity contribution is -0.417. The van der Waals surface area contributed by atoms with Crippen molar-refractivity contribution in [3.8, 4) is 0 Å². The van der Waals surface area contributed by atoms with E-state index in [9.17, 15) is 9.59 Å². The number of ether oxygens (including phenoxy) is 1. The second kappa shape index (κ2) is 5.16. The van der Waals surface area contributed by atoms with Crippen LogP contribution in [0.2, 0.25) is 0 Å². The molecule has 2 atom stereocenters. The van der Waals surface area contributed by atoms with Gasteiger partial charge in [0.05, 0.1) is 0 Å². The molecule has 0 aromatic rings. The fraction of sp³-hybridized carbons (Fsp3) is 0.714. The number of rotatable bonds is 4. The van der Waals surface area contributed by atoms with Crippen LogP contribution in [0.3, 0.4) is 0 Å². The van der Waals surface area contributed by atoms with Gasteiger partial charge in [0.25, 0.3) is 0 Å². The lowest BCUT2D eigenvalue weighted by Gasteiger charge is -2.16. The Morgan fingerprint density at radius 1 is 1.50 bits per heavy atom. The zero-order valence-corrected chi connectivity index (χ0v) is 8.14. The number of hydrogen-bond donors (Lipinski definition) is 2. The summed E-state index contributed by atoms with van der Waals surface area (Å²) in [5.41, 5.74) is 3.59. The van der Waals surface area contributed by atoms with E-state index in [0.717, 1.165) is 0 Å². The van der Waals surface area contributed by atoms with E-state index < -0.39 is 18.1 Å². The molecule has 0 aromatic heterocycles. The molecule has 0 radical (unpaired) electrons. The average Bonchev–Trinajstić information content (AvgIpc) is 1.98. The van der Waals surface area contributed by atoms with E-state index >= 15 is 0 Å². The maximum absolute atomic E-state index is 10.8. The van der Waals surface area contributed by atoms with Crippen molar-refractivity contribution in [1.82, 2.24) is 0 Å². The molecule has 0 fully saturated rings. The highest BCUT2D eigenvalue weighted by Gasteiger charge is 2.26. The van der Waals surface area contributed by atoms with Gasteiger partial charge in [-0.25, -0.2) is 0 Å². The number of quaternary nitrogens is 1. The van der Waals surface area contributed by atoms with E-state index in [1.54, 1.807) is 0 Å². The molecule has 0 heterocycles. The Kier molecular flexibility index (Phi) is 4.92. The molecular weight excluding hydrogens is 178 g/mol. The molecule has 0 aromatic carbocycles. The molecule has 0 saturated heterocycles. The number of thiol groups is 1. The van der Waals surface area contributed by atoms with Gasteiger partial charge < -0.3 is 10.5 Å². The lowest BCUT2D eigenvalue weighted by Crippen LogP contribution is -2.70. The molecule has 4 nitrogen and oxygen atoms in total. The number of carbonyl (C=O) groups is 2. The van der Waals surface area contributed by atoms with Gasteiger partial charge in [0.1, 0.15) is 0 Å². The van der Waals surface area contributed by atoms with Crippen LogP contribution in [0, 0.1) is 0 Å². The topological polar surface area (TPSA) is 71.0 Å². The zero-order chi connectivity index (χ0) is 9.72. The van der Waals surface area contributed by atoms with Crippen LogP contribution in [0.4, 0.5) is 0 Å². The minimum atomic E-state index is -0.522. The first-order valence-corrected chi connectivity index (χ1v) is 4.24. The van der Waals surface area contributed by atoms with Crippen molar-refractivity contribution >= 4 is 24.4 Å². The quantitative estimate of drug-likeness (QED) is 0.445. The second-order valence-corrected chi connectivity index (χ2v) is 2.91. The Hall–Kier alpha value is -0.550. The van der Waals surface area contributed by atoms with E-state index in [-0.39, 0.29) is 5.78 Å². The van der Waals surface area contributed by atoms with Crippen LogP contribution in [0.15, 0.2) is 0 Å². The van der Waals surface area contributed by atoms with Gasteiger partial charge in [0.2, 0.25) is 0 Å². The Morgan fingerprint density at radius 2 is 2.00 bits per heavy atom. The Balaban J connectivity index is 4.14. The number of Topliss-reactive ketones (excluding diaryl/α,β-unsaturated/α-hetero) is 1. The molecule has 5 heteroatoms. The summed E-state index contributed by atoms with van der Waals surface area (Å²) in [7, 11) is 0. The van der Waals surface area contributed by atoms with Crippen molar-refractivity contribution in [3.05, 3.63) is 0 Å². The van der Waals surface area contributed by atoms with Gasteiger partial charge in [0, 0.05) is 19.6 Å². The molecule has 0 amide bonds. The van der Waals surface area contributed by atoms with Crippen LogP contribution in [-0.4, -0.2) is 29.7 Å². The largest absolute Gasteiger partial charge is 0.455 e. The van der Waals surface area contributed by atoms with Gasteiger partial charge in [-0.2, -0.15) is 12.6 Å². The molecule has 12 heavy (non-hydrogen) atoms. The summed E-state index contributed by atoms with van der Waals surface area (Å²) in [6.45, 7) is 2.71. The molecule has 0 aliphatic heterocycles. The van der Waals surface area contributed by atoms with Crippen LogP contribution in [-0.2, 0) is 14.3 Å². The molecular formula is C7H14NO3S+. The maximum Gasteiger partial charge on any atom is 0.303 e. The highest BCUT2D eigenvalue weighted by Crippen LogP contribution is 2.00. The van der Waals surface area contributed by atoms with E-state index in [4.69, 9.17) is 4.74 Å². The van der Waals surface area contributed by atoms with Gasteiger partial charge in [-0.15, -0.1) is 0 Å². The fourth-order valence-corrected chi connectivity index (χ4v) is 1.05. The predicted molar refractivity (Wildman–Crippen MR) is 46.8 cm³/mol. The van der Waals surface area contributed by atoms with Crippen LogP contribution >= 0.6 is 12.6 Å². The third-order valence-electron chi connectivity index (χ3n) is 1.47. The third kappa shape index (κ3) is 3.73. The van der Waals surface area contributed by atoms with E-state index in [2.05, 4.69) is 18.4 Å². The van der Waals surface area contributed by atoms with Crippen LogP contribution in [0.25, 0.3) is 0 Å². The minimum Gasteiger partial charge on any atom is -0.455 e. The minimum absolute atomic E-state index is 0.102. The van der Waals surface area contributed by atoms with Crippen molar-refractivity contribution in [1.29, 1.82) is 0 Å². The summed E-state index contributed by atoms with van der Waals surface area (Å²) in [4.78, 5) is 21.4. The van der Waals surface area contributed by atoms with Gasteiger partial charge in [-0.05, 0) is 0 Å². The first-order valence-electron chi connectivity index (χ1n) is 3.60. The van der Waals surface area contributed by atoms with Crippen LogP contribution in [0.5, 0.6) is 0 Å². The van der Waals surface area contributed by atoms with Gasteiger partial charge >= 0.3 is 5.97 Å². The SMILES string of the molecule is CC(=O)OC(CS)C([NH3+])C(C)=O. The molecule has 70 valence electrons. The van der Waals surface area contributed by atoms with Crippen molar-refractivity contribution in [2.45, 2.75) is 26.0 Å².